The predicted molar refractivity (Wildman–Crippen MR) is 140 cm³/mol. The first kappa shape index (κ1) is 29.5. The van der Waals surface area contributed by atoms with E-state index < -0.39 is 27.5 Å². The fourth-order valence-corrected chi connectivity index (χ4v) is 4.73. The molecule has 0 fully saturated rings. The number of carbonyl (C=O) groups excluding carboxylic acids is 2. The van der Waals surface area contributed by atoms with Crippen molar-refractivity contribution in [2.75, 3.05) is 31.6 Å². The average molecular weight is 532 g/mol. The second-order valence-corrected chi connectivity index (χ2v) is 9.47. The van der Waals surface area contributed by atoms with Crippen LogP contribution in [0.2, 0.25) is 0 Å². The molecule has 0 aliphatic rings. The summed E-state index contributed by atoms with van der Waals surface area (Å²) in [7, 11) is -3.76. The van der Waals surface area contributed by atoms with E-state index >= 15 is 0 Å². The number of sulfonamides is 1. The monoisotopic (exact) mass is 531 g/mol. The molecule has 0 aromatic heterocycles. The highest BCUT2D eigenvalue weighted by molar-refractivity contribution is 7.89. The van der Waals surface area contributed by atoms with Gasteiger partial charge in [0, 0.05) is 19.3 Å². The summed E-state index contributed by atoms with van der Waals surface area (Å²) < 4.78 is 43.4. The summed E-state index contributed by atoms with van der Waals surface area (Å²) in [6, 6.07) is 13.4. The van der Waals surface area contributed by atoms with Crippen LogP contribution in [0.15, 0.2) is 65.4 Å². The maximum absolute atomic E-state index is 13.0. The number of ether oxygens (including phenoxy) is 3. The van der Waals surface area contributed by atoms with Gasteiger partial charge in [0.1, 0.15) is 12.4 Å². The average Bonchev–Trinajstić information content (AvgIpc) is 2.90. The standard InChI is InChI=1S/C26H33N3O7S/c1-5-29(6-2)37(32,33)20-14-15-22(34-7-3)21(16-20)28-17-23(25(30)24(27)26(31)35-8-4)36-18-19-12-10-9-11-13-19/h9-17,27-28H,5-8,18H2,1-4H3/b23-17+,27-24?. The zero-order chi connectivity index (χ0) is 27.4. The molecule has 0 saturated heterocycles. The maximum atomic E-state index is 13.0. The Hall–Kier alpha value is -3.70. The second kappa shape index (κ2) is 14.1. The number of benzene rings is 2. The Kier molecular flexibility index (Phi) is 11.3. The molecular weight excluding hydrogens is 498 g/mol. The quantitative estimate of drug-likeness (QED) is 0.117. The van der Waals surface area contributed by atoms with Crippen LogP contribution in [0.4, 0.5) is 5.69 Å². The molecule has 0 bridgehead atoms. The second-order valence-electron chi connectivity index (χ2n) is 7.53. The van der Waals surface area contributed by atoms with Crippen molar-refractivity contribution in [2.45, 2.75) is 39.2 Å². The van der Waals surface area contributed by atoms with Crippen LogP contribution in [0.25, 0.3) is 0 Å². The molecule has 0 saturated carbocycles. The molecule has 0 amide bonds. The first-order chi connectivity index (χ1) is 17.7. The van der Waals surface area contributed by atoms with Crippen molar-refractivity contribution in [3.05, 3.63) is 66.1 Å². The van der Waals surface area contributed by atoms with Crippen molar-refractivity contribution in [3.8, 4) is 5.75 Å². The van der Waals surface area contributed by atoms with E-state index in [2.05, 4.69) is 5.32 Å². The Morgan fingerprint density at radius 2 is 1.65 bits per heavy atom. The van der Waals surface area contributed by atoms with Gasteiger partial charge in [-0.15, -0.1) is 0 Å². The number of rotatable bonds is 15. The summed E-state index contributed by atoms with van der Waals surface area (Å²) in [6.07, 6.45) is 1.17. The van der Waals surface area contributed by atoms with Crippen LogP contribution < -0.4 is 10.1 Å². The van der Waals surface area contributed by atoms with E-state index in [4.69, 9.17) is 19.6 Å². The third kappa shape index (κ3) is 7.89. The largest absolute Gasteiger partial charge is 0.492 e. The molecule has 2 aromatic rings. The summed E-state index contributed by atoms with van der Waals surface area (Å²) in [5.74, 6) is -2.07. The van der Waals surface area contributed by atoms with Crippen molar-refractivity contribution in [1.29, 1.82) is 5.41 Å². The minimum absolute atomic E-state index is 0.00217. The fraction of sp³-hybridized carbons (Fsp3) is 0.346. The van der Waals surface area contributed by atoms with Gasteiger partial charge in [0.05, 0.1) is 23.8 Å². The lowest BCUT2D eigenvalue weighted by molar-refractivity contribution is -0.135. The van der Waals surface area contributed by atoms with Crippen LogP contribution in [0.3, 0.4) is 0 Å². The Balaban J connectivity index is 2.46. The number of hydrogen-bond donors (Lipinski definition) is 2. The third-order valence-electron chi connectivity index (χ3n) is 5.12. The zero-order valence-electron chi connectivity index (χ0n) is 21.4. The van der Waals surface area contributed by atoms with Crippen LogP contribution in [-0.4, -0.2) is 56.5 Å². The van der Waals surface area contributed by atoms with E-state index in [0.717, 1.165) is 5.56 Å². The van der Waals surface area contributed by atoms with Crippen LogP contribution in [-0.2, 0) is 35.7 Å². The normalized spacial score (nSPS) is 11.6. The van der Waals surface area contributed by atoms with Gasteiger partial charge < -0.3 is 19.5 Å². The topological polar surface area (TPSA) is 135 Å². The Labute approximate surface area is 217 Å². The first-order valence-electron chi connectivity index (χ1n) is 11.9. The SMILES string of the molecule is CCOC(=O)C(=N)C(=O)/C(=C\Nc1cc(S(=O)(=O)N(CC)CC)ccc1OCC)OCc1ccccc1. The van der Waals surface area contributed by atoms with Gasteiger partial charge in [0.15, 0.2) is 11.5 Å². The number of nitrogens with one attached hydrogen (secondary N) is 2. The highest BCUT2D eigenvalue weighted by atomic mass is 32.2. The number of Topliss-reactive ketones (excluding diaryl/α,β-unsaturated/α-hetero) is 1. The van der Waals surface area contributed by atoms with Crippen LogP contribution >= 0.6 is 0 Å². The van der Waals surface area contributed by atoms with Gasteiger partial charge in [-0.2, -0.15) is 4.31 Å². The van der Waals surface area contributed by atoms with E-state index in [9.17, 15) is 18.0 Å². The van der Waals surface area contributed by atoms with Crippen LogP contribution in [0.1, 0.15) is 33.3 Å². The van der Waals surface area contributed by atoms with Gasteiger partial charge in [-0.3, -0.25) is 10.2 Å². The number of ketones is 1. The fourth-order valence-electron chi connectivity index (χ4n) is 3.25. The number of anilines is 1. The maximum Gasteiger partial charge on any atom is 0.360 e. The molecule has 0 spiro atoms. The molecule has 11 heteroatoms. The van der Waals surface area contributed by atoms with Gasteiger partial charge in [-0.1, -0.05) is 44.2 Å². The Morgan fingerprint density at radius 3 is 2.24 bits per heavy atom. The molecular formula is C26H33N3O7S. The highest BCUT2D eigenvalue weighted by Crippen LogP contribution is 2.29. The van der Waals surface area contributed by atoms with Crippen molar-refractivity contribution >= 4 is 33.2 Å². The van der Waals surface area contributed by atoms with Gasteiger partial charge in [-0.25, -0.2) is 13.2 Å². The van der Waals surface area contributed by atoms with Crippen molar-refractivity contribution in [2.24, 2.45) is 0 Å². The molecule has 200 valence electrons. The third-order valence-corrected chi connectivity index (χ3v) is 7.17. The van der Waals surface area contributed by atoms with Gasteiger partial charge in [0.2, 0.25) is 10.0 Å². The van der Waals surface area contributed by atoms with E-state index in [0.29, 0.717) is 25.4 Å². The Bertz CT molecular complexity index is 1220. The lowest BCUT2D eigenvalue weighted by Crippen LogP contribution is -2.30. The molecule has 2 aromatic carbocycles. The van der Waals surface area contributed by atoms with Crippen LogP contribution in [0.5, 0.6) is 5.75 Å². The van der Waals surface area contributed by atoms with E-state index in [1.54, 1.807) is 52.0 Å². The Morgan fingerprint density at radius 1 is 0.973 bits per heavy atom. The summed E-state index contributed by atoms with van der Waals surface area (Å²) in [6.45, 7) is 7.74. The van der Waals surface area contributed by atoms with E-state index in [1.165, 1.54) is 28.7 Å². The number of hydrogen-bond acceptors (Lipinski definition) is 9. The summed E-state index contributed by atoms with van der Waals surface area (Å²) in [5, 5.41) is 10.8. The molecule has 0 aliphatic heterocycles. The molecule has 10 nitrogen and oxygen atoms in total. The van der Waals surface area contributed by atoms with Crippen LogP contribution in [0, 0.1) is 5.41 Å². The van der Waals surface area contributed by atoms with E-state index in [-0.39, 0.29) is 29.6 Å². The molecule has 0 unspecified atom stereocenters. The highest BCUT2D eigenvalue weighted by Gasteiger charge is 2.26. The summed E-state index contributed by atoms with van der Waals surface area (Å²) >= 11 is 0. The lowest BCUT2D eigenvalue weighted by atomic mass is 10.2. The first-order valence-corrected chi connectivity index (χ1v) is 13.3. The van der Waals surface area contributed by atoms with E-state index in [1.807, 2.05) is 6.07 Å². The smallest absolute Gasteiger partial charge is 0.360 e. The summed E-state index contributed by atoms with van der Waals surface area (Å²) in [4.78, 5) is 24.9. The van der Waals surface area contributed by atoms with Gasteiger partial charge in [0.25, 0.3) is 5.78 Å². The minimum Gasteiger partial charge on any atom is -0.492 e. The molecule has 0 heterocycles. The number of carbonyl (C=O) groups is 2. The summed E-state index contributed by atoms with van der Waals surface area (Å²) in [5.41, 5.74) is 0.114. The number of allylic oxidation sites excluding steroid dienone is 1. The lowest BCUT2D eigenvalue weighted by Gasteiger charge is -2.20. The molecule has 0 atom stereocenters. The molecule has 37 heavy (non-hydrogen) atoms. The molecule has 2 N–H and O–H groups in total. The number of nitrogens with zero attached hydrogens (tertiary/aromatic N) is 1. The van der Waals surface area contributed by atoms with Crippen molar-refractivity contribution in [1.82, 2.24) is 4.31 Å². The van der Waals surface area contributed by atoms with Crippen molar-refractivity contribution in [3.63, 3.8) is 0 Å². The molecule has 0 radical (unpaired) electrons. The number of esters is 1. The van der Waals surface area contributed by atoms with Crippen molar-refractivity contribution < 1.29 is 32.2 Å². The zero-order valence-corrected chi connectivity index (χ0v) is 22.3. The minimum atomic E-state index is -3.76. The molecule has 2 rings (SSSR count). The van der Waals surface area contributed by atoms with Gasteiger partial charge in [-0.05, 0) is 37.6 Å². The molecule has 0 aliphatic carbocycles. The van der Waals surface area contributed by atoms with Gasteiger partial charge >= 0.3 is 5.97 Å². The predicted octanol–water partition coefficient (Wildman–Crippen LogP) is 3.74.